The standard InChI is InChI=1S/C14H14F2N2O5/c1-23-14(22)8-6-18(2-3-19)13(21)11(8)17-7-4-9(15)12(20)10(16)5-7/h4-5,17,19-20H,2-3,6H2,1H3. The van der Waals surface area contributed by atoms with Gasteiger partial charge in [0.1, 0.15) is 5.70 Å². The Morgan fingerprint density at radius 3 is 2.52 bits per heavy atom. The lowest BCUT2D eigenvalue weighted by molar-refractivity contribution is -0.136. The van der Waals surface area contributed by atoms with Crippen LogP contribution in [0.15, 0.2) is 23.4 Å². The second-order valence-electron chi connectivity index (χ2n) is 4.71. The van der Waals surface area contributed by atoms with Gasteiger partial charge < -0.3 is 25.2 Å². The van der Waals surface area contributed by atoms with E-state index in [1.165, 1.54) is 4.90 Å². The molecule has 0 saturated carbocycles. The third kappa shape index (κ3) is 3.24. The molecule has 0 aliphatic carbocycles. The number of nitrogens with one attached hydrogen (secondary N) is 1. The normalized spacial score (nSPS) is 14.4. The Bertz CT molecular complexity index is 667. The Morgan fingerprint density at radius 1 is 1.39 bits per heavy atom. The van der Waals surface area contributed by atoms with E-state index >= 15 is 0 Å². The van der Waals surface area contributed by atoms with Gasteiger partial charge in [-0.3, -0.25) is 4.79 Å². The minimum Gasteiger partial charge on any atom is -0.503 e. The summed E-state index contributed by atoms with van der Waals surface area (Å²) in [5.74, 6) is -4.97. The summed E-state index contributed by atoms with van der Waals surface area (Å²) in [4.78, 5) is 25.1. The highest BCUT2D eigenvalue weighted by Gasteiger charge is 2.34. The Hall–Kier alpha value is -2.68. The van der Waals surface area contributed by atoms with E-state index in [0.717, 1.165) is 19.2 Å². The summed E-state index contributed by atoms with van der Waals surface area (Å²) in [5.41, 5.74) is -0.386. The van der Waals surface area contributed by atoms with Gasteiger partial charge in [-0.2, -0.15) is 0 Å². The van der Waals surface area contributed by atoms with Gasteiger partial charge in [-0.15, -0.1) is 0 Å². The summed E-state index contributed by atoms with van der Waals surface area (Å²) in [7, 11) is 1.13. The third-order valence-electron chi connectivity index (χ3n) is 3.24. The summed E-state index contributed by atoms with van der Waals surface area (Å²) in [6, 6.07) is 1.56. The Morgan fingerprint density at radius 2 is 2.00 bits per heavy atom. The highest BCUT2D eigenvalue weighted by molar-refractivity contribution is 6.08. The third-order valence-corrected chi connectivity index (χ3v) is 3.24. The smallest absolute Gasteiger partial charge is 0.337 e. The van der Waals surface area contributed by atoms with Crippen molar-refractivity contribution >= 4 is 17.6 Å². The maximum atomic E-state index is 13.4. The maximum absolute atomic E-state index is 13.4. The molecule has 9 heteroatoms. The average Bonchev–Trinajstić information content (AvgIpc) is 2.81. The van der Waals surface area contributed by atoms with Crippen LogP contribution in [-0.2, 0) is 14.3 Å². The Balaban J connectivity index is 2.37. The molecule has 1 aliphatic heterocycles. The summed E-state index contributed by atoms with van der Waals surface area (Å²) in [6.07, 6.45) is 0. The number of methoxy groups -OCH3 is 1. The van der Waals surface area contributed by atoms with Crippen LogP contribution in [0.3, 0.4) is 0 Å². The molecular weight excluding hydrogens is 314 g/mol. The quantitative estimate of drug-likeness (QED) is 0.533. The number of phenols is 1. The molecule has 0 saturated heterocycles. The van der Waals surface area contributed by atoms with E-state index in [9.17, 15) is 18.4 Å². The molecule has 0 bridgehead atoms. The molecule has 3 N–H and O–H groups in total. The molecule has 1 aliphatic rings. The number of ether oxygens (including phenoxy) is 1. The molecule has 0 aromatic heterocycles. The number of rotatable bonds is 5. The lowest BCUT2D eigenvalue weighted by Crippen LogP contribution is -2.31. The highest BCUT2D eigenvalue weighted by atomic mass is 19.1. The second-order valence-corrected chi connectivity index (χ2v) is 4.71. The number of nitrogens with zero attached hydrogens (tertiary/aromatic N) is 1. The zero-order valence-electron chi connectivity index (χ0n) is 12.1. The van der Waals surface area contributed by atoms with Gasteiger partial charge in [0.2, 0.25) is 0 Å². The fourth-order valence-electron chi connectivity index (χ4n) is 2.13. The van der Waals surface area contributed by atoms with Crippen LogP contribution >= 0.6 is 0 Å². The van der Waals surface area contributed by atoms with E-state index in [4.69, 9.17) is 10.2 Å². The predicted molar refractivity (Wildman–Crippen MR) is 74.4 cm³/mol. The van der Waals surface area contributed by atoms with Gasteiger partial charge in [-0.1, -0.05) is 0 Å². The lowest BCUT2D eigenvalue weighted by Gasteiger charge is -2.15. The van der Waals surface area contributed by atoms with Crippen LogP contribution < -0.4 is 5.32 Å². The van der Waals surface area contributed by atoms with Gasteiger partial charge in [-0.05, 0) is 0 Å². The number of phenolic OH excluding ortho intramolecular Hbond substituents is 1. The van der Waals surface area contributed by atoms with Crippen molar-refractivity contribution in [2.45, 2.75) is 0 Å². The first-order chi connectivity index (χ1) is 10.9. The minimum absolute atomic E-state index is 0.0111. The minimum atomic E-state index is -1.22. The van der Waals surface area contributed by atoms with Gasteiger partial charge in [0, 0.05) is 24.4 Å². The van der Waals surface area contributed by atoms with Gasteiger partial charge in [0.05, 0.1) is 25.8 Å². The molecule has 0 spiro atoms. The number of benzene rings is 1. The molecule has 2 rings (SSSR count). The largest absolute Gasteiger partial charge is 0.503 e. The fraction of sp³-hybridized carbons (Fsp3) is 0.286. The van der Waals surface area contributed by atoms with Crippen LogP contribution in [0.5, 0.6) is 5.75 Å². The van der Waals surface area contributed by atoms with Crippen LogP contribution in [0.1, 0.15) is 0 Å². The van der Waals surface area contributed by atoms with E-state index in [0.29, 0.717) is 0 Å². The number of hydrogen-bond acceptors (Lipinski definition) is 6. The van der Waals surface area contributed by atoms with Gasteiger partial charge in [0.25, 0.3) is 5.91 Å². The van der Waals surface area contributed by atoms with E-state index in [1.807, 2.05) is 0 Å². The topological polar surface area (TPSA) is 99.1 Å². The number of aromatic hydroxyl groups is 1. The molecule has 0 atom stereocenters. The number of carbonyl (C=O) groups excluding carboxylic acids is 2. The monoisotopic (exact) mass is 328 g/mol. The number of aliphatic hydroxyl groups excluding tert-OH is 1. The van der Waals surface area contributed by atoms with Crippen molar-refractivity contribution in [3.63, 3.8) is 0 Å². The van der Waals surface area contributed by atoms with Gasteiger partial charge in [0.15, 0.2) is 17.4 Å². The summed E-state index contributed by atoms with van der Waals surface area (Å²) < 4.78 is 31.3. The SMILES string of the molecule is COC(=O)C1=C(Nc2cc(F)c(O)c(F)c2)C(=O)N(CCO)C1. The Labute approximate surface area is 129 Å². The summed E-state index contributed by atoms with van der Waals surface area (Å²) >= 11 is 0. The van der Waals surface area contributed by atoms with Crippen LogP contribution in [0.25, 0.3) is 0 Å². The maximum Gasteiger partial charge on any atom is 0.337 e. The average molecular weight is 328 g/mol. The number of halogens is 2. The first kappa shape index (κ1) is 16.7. The number of amides is 1. The molecule has 0 fully saturated rings. The van der Waals surface area contributed by atoms with Crippen molar-refractivity contribution in [1.82, 2.24) is 4.90 Å². The second kappa shape index (κ2) is 6.61. The number of aliphatic hydroxyl groups is 1. The van der Waals surface area contributed by atoms with Crippen LogP contribution in [-0.4, -0.2) is 53.8 Å². The zero-order chi connectivity index (χ0) is 17.1. The van der Waals surface area contributed by atoms with Crippen molar-refractivity contribution < 1.29 is 33.3 Å². The van der Waals surface area contributed by atoms with E-state index in [1.54, 1.807) is 0 Å². The molecule has 1 amide bonds. The van der Waals surface area contributed by atoms with E-state index < -0.39 is 29.3 Å². The molecule has 124 valence electrons. The van der Waals surface area contributed by atoms with E-state index in [-0.39, 0.29) is 36.7 Å². The molecular formula is C14H14F2N2O5. The number of carbonyl (C=O) groups is 2. The number of esters is 1. The van der Waals surface area contributed by atoms with Crippen LogP contribution in [0.2, 0.25) is 0 Å². The van der Waals surface area contributed by atoms with Gasteiger partial charge >= 0.3 is 5.97 Å². The molecule has 1 aromatic rings. The van der Waals surface area contributed by atoms with Gasteiger partial charge in [-0.25, -0.2) is 13.6 Å². The number of β-amino-alcohol motifs (C(OH)–C–C–N with tert-alkyl or cyclic N) is 1. The summed E-state index contributed by atoms with van der Waals surface area (Å²) in [6.45, 7) is -0.420. The van der Waals surface area contributed by atoms with Crippen molar-refractivity contribution in [3.8, 4) is 5.75 Å². The number of hydrogen-bond donors (Lipinski definition) is 3. The Kier molecular flexibility index (Phi) is 4.80. The molecule has 7 nitrogen and oxygen atoms in total. The van der Waals surface area contributed by atoms with Crippen molar-refractivity contribution in [2.75, 3.05) is 32.1 Å². The fourth-order valence-corrected chi connectivity index (χ4v) is 2.13. The first-order valence-corrected chi connectivity index (χ1v) is 6.55. The zero-order valence-corrected chi connectivity index (χ0v) is 12.1. The van der Waals surface area contributed by atoms with Crippen molar-refractivity contribution in [2.24, 2.45) is 0 Å². The first-order valence-electron chi connectivity index (χ1n) is 6.55. The highest BCUT2D eigenvalue weighted by Crippen LogP contribution is 2.27. The van der Waals surface area contributed by atoms with Crippen molar-refractivity contribution in [1.29, 1.82) is 0 Å². The molecule has 1 heterocycles. The summed E-state index contributed by atoms with van der Waals surface area (Å²) in [5, 5.41) is 20.5. The van der Waals surface area contributed by atoms with E-state index in [2.05, 4.69) is 10.1 Å². The van der Waals surface area contributed by atoms with Crippen LogP contribution in [0.4, 0.5) is 14.5 Å². The lowest BCUT2D eigenvalue weighted by atomic mass is 10.2. The molecule has 0 radical (unpaired) electrons. The molecule has 1 aromatic carbocycles. The molecule has 23 heavy (non-hydrogen) atoms. The number of anilines is 1. The van der Waals surface area contributed by atoms with Crippen LogP contribution in [0, 0.1) is 11.6 Å². The molecule has 0 unspecified atom stereocenters. The predicted octanol–water partition coefficient (Wildman–Crippen LogP) is 0.344. The van der Waals surface area contributed by atoms with Crippen molar-refractivity contribution in [3.05, 3.63) is 35.0 Å².